The highest BCUT2D eigenvalue weighted by Gasteiger charge is 2.24. The van der Waals surface area contributed by atoms with Crippen molar-refractivity contribution in [2.45, 2.75) is 0 Å². The van der Waals surface area contributed by atoms with Crippen LogP contribution in [-0.4, -0.2) is 23.7 Å². The van der Waals surface area contributed by atoms with Crippen molar-refractivity contribution in [1.82, 2.24) is 23.7 Å². The minimum atomic E-state index is 0.615. The van der Waals surface area contributed by atoms with Crippen LogP contribution < -0.4 is 0 Å². The van der Waals surface area contributed by atoms with Gasteiger partial charge in [-0.15, -0.1) is 0 Å². The van der Waals surface area contributed by atoms with Gasteiger partial charge in [0.25, 0.3) is 0 Å². The Kier molecular flexibility index (Phi) is 10.2. The summed E-state index contributed by atoms with van der Waals surface area (Å²) in [7, 11) is 0. The first-order chi connectivity index (χ1) is 38.1. The molecule has 0 aliphatic rings. The molecule has 0 fully saturated rings. The van der Waals surface area contributed by atoms with E-state index in [0.717, 1.165) is 111 Å². The third kappa shape index (κ3) is 7.17. The van der Waals surface area contributed by atoms with Crippen LogP contribution in [0.3, 0.4) is 0 Å². The molecule has 15 aromatic rings. The minimum Gasteiger partial charge on any atom is -0.309 e. The molecule has 15 rings (SSSR count). The van der Waals surface area contributed by atoms with Crippen molar-refractivity contribution in [2.24, 2.45) is 0 Å². The van der Waals surface area contributed by atoms with Gasteiger partial charge in [-0.05, 0) is 102 Å². The van der Waals surface area contributed by atoms with E-state index in [1.807, 2.05) is 36.4 Å². The van der Waals surface area contributed by atoms with Crippen LogP contribution in [0, 0.1) is 11.3 Å². The number of nitrogens with zero attached hydrogens (tertiary/aromatic N) is 6. The Bertz CT molecular complexity index is 4500. The lowest BCUT2D eigenvalue weighted by Crippen LogP contribution is -2.03. The zero-order chi connectivity index (χ0) is 51.0. The third-order valence-corrected chi connectivity index (χ3v) is 15.3. The highest BCUT2D eigenvalue weighted by atomic mass is 15.0. The smallest absolute Gasteiger partial charge is 0.160 e. The Hall–Kier alpha value is -10.6. The normalized spacial score (nSPS) is 11.6. The topological polar surface area (TPSA) is 64.4 Å². The molecule has 77 heavy (non-hydrogen) atoms. The van der Waals surface area contributed by atoms with E-state index >= 15 is 0 Å². The maximum Gasteiger partial charge on any atom is 0.160 e. The van der Waals surface area contributed by atoms with E-state index in [2.05, 4.69) is 250 Å². The summed E-state index contributed by atoms with van der Waals surface area (Å²) in [6.45, 7) is 0. The summed E-state index contributed by atoms with van der Waals surface area (Å²) in [4.78, 5) is 10.6. The number of benzene rings is 11. The van der Waals surface area contributed by atoms with Gasteiger partial charge in [-0.2, -0.15) is 5.26 Å². The van der Waals surface area contributed by atoms with E-state index in [1.165, 1.54) is 21.5 Å². The Morgan fingerprint density at radius 2 is 0.662 bits per heavy atom. The molecule has 0 bridgehead atoms. The van der Waals surface area contributed by atoms with E-state index in [0.29, 0.717) is 11.4 Å². The Morgan fingerprint density at radius 3 is 1.12 bits per heavy atom. The van der Waals surface area contributed by atoms with Crippen LogP contribution >= 0.6 is 0 Å². The van der Waals surface area contributed by atoms with E-state index in [1.54, 1.807) is 0 Å². The molecule has 358 valence electrons. The lowest BCUT2D eigenvalue weighted by molar-refractivity contribution is 1.16. The van der Waals surface area contributed by atoms with Gasteiger partial charge in [0, 0.05) is 71.5 Å². The lowest BCUT2D eigenvalue weighted by atomic mass is 9.91. The quantitative estimate of drug-likeness (QED) is 0.152. The van der Waals surface area contributed by atoms with Crippen LogP contribution in [0.25, 0.3) is 139 Å². The average molecular weight is 981 g/mol. The van der Waals surface area contributed by atoms with Crippen molar-refractivity contribution < 1.29 is 0 Å². The van der Waals surface area contributed by atoms with Crippen LogP contribution in [0.4, 0.5) is 0 Å². The van der Waals surface area contributed by atoms with Gasteiger partial charge in [0.2, 0.25) is 0 Å². The van der Waals surface area contributed by atoms with Crippen molar-refractivity contribution in [1.29, 1.82) is 5.26 Å². The molecule has 0 aliphatic heterocycles. The summed E-state index contributed by atoms with van der Waals surface area (Å²) >= 11 is 0. The summed E-state index contributed by atoms with van der Waals surface area (Å²) in [5.41, 5.74) is 19.1. The summed E-state index contributed by atoms with van der Waals surface area (Å²) in [6.07, 6.45) is 0. The van der Waals surface area contributed by atoms with E-state index in [4.69, 9.17) is 9.97 Å². The van der Waals surface area contributed by atoms with Crippen molar-refractivity contribution in [3.8, 4) is 79.3 Å². The number of fused-ring (bicyclic) bond motifs is 9. The van der Waals surface area contributed by atoms with Gasteiger partial charge in [0.05, 0.1) is 61.8 Å². The Morgan fingerprint density at radius 1 is 0.286 bits per heavy atom. The fraction of sp³-hybridized carbons (Fsp3) is 0. The first kappa shape index (κ1) is 43.9. The fourth-order valence-electron chi connectivity index (χ4n) is 11.8. The van der Waals surface area contributed by atoms with Gasteiger partial charge < -0.3 is 13.7 Å². The molecule has 6 nitrogen and oxygen atoms in total. The number of aromatic nitrogens is 5. The molecular weight excluding hydrogens is 937 g/mol. The largest absolute Gasteiger partial charge is 0.309 e. The first-order valence-corrected chi connectivity index (χ1v) is 26.0. The molecule has 4 heterocycles. The zero-order valence-corrected chi connectivity index (χ0v) is 41.6. The number of hydrogen-bond acceptors (Lipinski definition) is 3. The minimum absolute atomic E-state index is 0.615. The molecule has 0 saturated carbocycles. The van der Waals surface area contributed by atoms with Gasteiger partial charge in [-0.25, -0.2) is 9.97 Å². The van der Waals surface area contributed by atoms with Crippen molar-refractivity contribution in [3.63, 3.8) is 0 Å². The second-order valence-corrected chi connectivity index (χ2v) is 19.6. The number of rotatable bonds is 8. The molecule has 0 atom stereocenters. The van der Waals surface area contributed by atoms with Gasteiger partial charge in [-0.1, -0.05) is 176 Å². The predicted octanol–water partition coefficient (Wildman–Crippen LogP) is 18.0. The summed E-state index contributed by atoms with van der Waals surface area (Å²) in [5, 5.41) is 17.2. The van der Waals surface area contributed by atoms with Gasteiger partial charge in [-0.3, -0.25) is 0 Å². The summed E-state index contributed by atoms with van der Waals surface area (Å²) < 4.78 is 7.15. The predicted molar refractivity (Wildman–Crippen MR) is 317 cm³/mol. The molecule has 0 unspecified atom stereocenters. The van der Waals surface area contributed by atoms with Crippen molar-refractivity contribution in [2.75, 3.05) is 0 Å². The van der Waals surface area contributed by atoms with Gasteiger partial charge >= 0.3 is 0 Å². The van der Waals surface area contributed by atoms with E-state index < -0.39 is 0 Å². The van der Waals surface area contributed by atoms with Gasteiger partial charge in [0.15, 0.2) is 5.82 Å². The molecule has 0 spiro atoms. The molecule has 0 amide bonds. The second kappa shape index (κ2) is 17.8. The van der Waals surface area contributed by atoms with Crippen LogP contribution in [0.15, 0.2) is 267 Å². The SMILES string of the molecule is N#Cc1ccc2c(c1)c1ccccc1n2-c1c(-c2ccc(-n3c4ccccc4c4ccccc43)cc2)cc(-c2cc(-c3ccccc3)nc(-c3ccccc3)n2)cc1-c1ccc(-n2c3ccccc3c3ccccc32)cc1. The van der Waals surface area contributed by atoms with E-state index in [9.17, 15) is 5.26 Å². The number of para-hydroxylation sites is 5. The number of hydrogen-bond donors (Lipinski definition) is 0. The lowest BCUT2D eigenvalue weighted by Gasteiger charge is -2.22. The highest BCUT2D eigenvalue weighted by Crippen LogP contribution is 2.45. The third-order valence-electron chi connectivity index (χ3n) is 15.3. The molecule has 0 radical (unpaired) electrons. The Labute approximate surface area is 443 Å². The maximum atomic E-state index is 10.2. The Balaban J connectivity index is 1.03. The highest BCUT2D eigenvalue weighted by molar-refractivity contribution is 6.12. The van der Waals surface area contributed by atoms with Crippen LogP contribution in [0.2, 0.25) is 0 Å². The molecule has 0 aliphatic carbocycles. The average Bonchev–Trinajstić information content (AvgIpc) is 4.26. The van der Waals surface area contributed by atoms with Crippen LogP contribution in [0.1, 0.15) is 5.56 Å². The van der Waals surface area contributed by atoms with Crippen LogP contribution in [0.5, 0.6) is 0 Å². The standard InChI is InChI=1S/C71H44N6/c72-45-46-31-40-69-61(41-46)58-25-11-16-30-68(58)77(69)70-59(47-32-36-52(37-33-47)75-64-26-12-7-21-54(64)55-22-8-13-27-65(55)75)42-51(63-44-62(49-17-3-1-4-18-49)73-71(74-63)50-19-5-2-6-20-50)43-60(70)48-34-38-53(39-35-48)76-66-28-14-9-23-56(66)57-24-10-15-29-67(57)76/h1-44H. The van der Waals surface area contributed by atoms with Crippen molar-refractivity contribution in [3.05, 3.63) is 272 Å². The summed E-state index contributed by atoms with van der Waals surface area (Å²) in [6, 6.07) is 97.1. The van der Waals surface area contributed by atoms with Gasteiger partial charge in [0.1, 0.15) is 0 Å². The monoisotopic (exact) mass is 980 g/mol. The fourth-order valence-corrected chi connectivity index (χ4v) is 11.8. The number of nitriles is 1. The zero-order valence-electron chi connectivity index (χ0n) is 41.6. The van der Waals surface area contributed by atoms with Crippen molar-refractivity contribution >= 4 is 65.4 Å². The molecule has 0 saturated heterocycles. The maximum absolute atomic E-state index is 10.2. The molecule has 4 aromatic heterocycles. The van der Waals surface area contributed by atoms with Crippen LogP contribution in [-0.2, 0) is 0 Å². The molecule has 0 N–H and O–H groups in total. The summed E-state index contributed by atoms with van der Waals surface area (Å²) in [5.74, 6) is 0.649. The molecular formula is C71H44N6. The second-order valence-electron chi connectivity index (χ2n) is 19.6. The first-order valence-electron chi connectivity index (χ1n) is 26.0. The van der Waals surface area contributed by atoms with E-state index in [-0.39, 0.29) is 0 Å². The molecule has 6 heteroatoms. The molecule has 11 aromatic carbocycles.